The number of rotatable bonds is 4. The third-order valence-corrected chi connectivity index (χ3v) is 3.65. The van der Waals surface area contributed by atoms with Crippen LogP contribution in [0.2, 0.25) is 0 Å². The van der Waals surface area contributed by atoms with Gasteiger partial charge in [-0.3, -0.25) is 9.59 Å². The molecule has 0 aliphatic carbocycles. The Labute approximate surface area is 131 Å². The summed E-state index contributed by atoms with van der Waals surface area (Å²) < 4.78 is 0. The molecule has 0 spiro atoms. The van der Waals surface area contributed by atoms with Gasteiger partial charge in [0.1, 0.15) is 6.04 Å². The van der Waals surface area contributed by atoms with E-state index in [1.165, 1.54) is 0 Å². The second-order valence-electron chi connectivity index (χ2n) is 6.12. The van der Waals surface area contributed by atoms with Crippen LogP contribution in [-0.2, 0) is 4.79 Å². The molecular weight excluding hydrogens is 284 g/mol. The average Bonchev–Trinajstić information content (AvgIpc) is 2.37. The molecule has 5 heteroatoms. The van der Waals surface area contributed by atoms with Crippen LogP contribution in [0.1, 0.15) is 43.6 Å². The first-order valence-electron chi connectivity index (χ1n) is 6.91. The summed E-state index contributed by atoms with van der Waals surface area (Å²) in [5, 5.41) is 5.61. The standard InChI is InChI=1S/C16H24N2O2S/c1-10-7-8-12(21-6)9-13(10)15(20)17-11(2)14(19)18-16(3,4)5/h7-9,11H,1-6H3,(H,17,20)(H,18,19). The minimum atomic E-state index is -0.575. The number of carbonyl (C=O) groups excluding carboxylic acids is 2. The Morgan fingerprint density at radius 1 is 1.24 bits per heavy atom. The van der Waals surface area contributed by atoms with E-state index in [-0.39, 0.29) is 17.4 Å². The SMILES string of the molecule is CSc1ccc(C)c(C(=O)NC(C)C(=O)NC(C)(C)C)c1. The van der Waals surface area contributed by atoms with Crippen LogP contribution in [-0.4, -0.2) is 29.7 Å². The second-order valence-corrected chi connectivity index (χ2v) is 6.99. The quantitative estimate of drug-likeness (QED) is 0.841. The molecule has 0 heterocycles. The maximum Gasteiger partial charge on any atom is 0.252 e. The molecule has 0 saturated heterocycles. The fraction of sp³-hybridized carbons (Fsp3) is 0.500. The van der Waals surface area contributed by atoms with Crippen molar-refractivity contribution in [3.8, 4) is 0 Å². The predicted octanol–water partition coefficient (Wildman–Crippen LogP) is 2.75. The molecule has 1 atom stereocenters. The summed E-state index contributed by atoms with van der Waals surface area (Å²) in [4.78, 5) is 25.3. The summed E-state index contributed by atoms with van der Waals surface area (Å²) in [5.74, 6) is -0.408. The second kappa shape index (κ2) is 6.98. The first-order chi connectivity index (χ1) is 9.64. The van der Waals surface area contributed by atoms with E-state index in [1.807, 2.05) is 52.1 Å². The van der Waals surface area contributed by atoms with Gasteiger partial charge < -0.3 is 10.6 Å². The zero-order chi connectivity index (χ0) is 16.2. The van der Waals surface area contributed by atoms with Gasteiger partial charge in [-0.05, 0) is 58.6 Å². The van der Waals surface area contributed by atoms with E-state index < -0.39 is 6.04 Å². The Morgan fingerprint density at radius 3 is 2.38 bits per heavy atom. The van der Waals surface area contributed by atoms with Gasteiger partial charge in [-0.15, -0.1) is 11.8 Å². The van der Waals surface area contributed by atoms with Gasteiger partial charge in [0, 0.05) is 16.0 Å². The Morgan fingerprint density at radius 2 is 1.86 bits per heavy atom. The van der Waals surface area contributed by atoms with Gasteiger partial charge in [-0.2, -0.15) is 0 Å². The molecule has 0 aliphatic rings. The lowest BCUT2D eigenvalue weighted by molar-refractivity contribution is -0.124. The monoisotopic (exact) mass is 308 g/mol. The van der Waals surface area contributed by atoms with Crippen LogP contribution in [0.25, 0.3) is 0 Å². The van der Waals surface area contributed by atoms with Crippen molar-refractivity contribution >= 4 is 23.6 Å². The number of carbonyl (C=O) groups is 2. The summed E-state index contributed by atoms with van der Waals surface area (Å²) >= 11 is 1.58. The first-order valence-corrected chi connectivity index (χ1v) is 8.14. The van der Waals surface area contributed by atoms with Gasteiger partial charge >= 0.3 is 0 Å². The minimum absolute atomic E-state index is 0.186. The van der Waals surface area contributed by atoms with E-state index in [2.05, 4.69) is 10.6 Å². The lowest BCUT2D eigenvalue weighted by Gasteiger charge is -2.23. The maximum absolute atomic E-state index is 12.3. The molecule has 21 heavy (non-hydrogen) atoms. The highest BCUT2D eigenvalue weighted by Gasteiger charge is 2.21. The topological polar surface area (TPSA) is 58.2 Å². The Kier molecular flexibility index (Phi) is 5.84. The summed E-state index contributed by atoms with van der Waals surface area (Å²) in [6, 6.07) is 5.17. The van der Waals surface area contributed by atoms with E-state index >= 15 is 0 Å². The molecule has 1 unspecified atom stereocenters. The molecule has 0 fully saturated rings. The summed E-state index contributed by atoms with van der Waals surface area (Å²) in [6.45, 7) is 9.30. The largest absolute Gasteiger partial charge is 0.350 e. The first kappa shape index (κ1) is 17.6. The minimum Gasteiger partial charge on any atom is -0.350 e. The molecule has 0 bridgehead atoms. The van der Waals surface area contributed by atoms with E-state index in [0.717, 1.165) is 10.5 Å². The van der Waals surface area contributed by atoms with Crippen molar-refractivity contribution in [2.45, 2.75) is 51.1 Å². The molecule has 0 saturated carbocycles. The van der Waals surface area contributed by atoms with Gasteiger partial charge in [-0.25, -0.2) is 0 Å². The van der Waals surface area contributed by atoms with Crippen LogP contribution >= 0.6 is 11.8 Å². The number of aryl methyl sites for hydroxylation is 1. The van der Waals surface area contributed by atoms with E-state index in [4.69, 9.17) is 0 Å². The Hall–Kier alpha value is -1.49. The fourth-order valence-corrected chi connectivity index (χ4v) is 2.23. The van der Waals surface area contributed by atoms with Gasteiger partial charge in [0.2, 0.25) is 5.91 Å². The molecule has 4 nitrogen and oxygen atoms in total. The molecule has 1 aromatic rings. The molecule has 0 aromatic heterocycles. The molecule has 2 N–H and O–H groups in total. The summed E-state index contributed by atoms with van der Waals surface area (Å²) in [6.07, 6.45) is 1.96. The van der Waals surface area contributed by atoms with Crippen molar-refractivity contribution in [1.82, 2.24) is 10.6 Å². The third-order valence-electron chi connectivity index (χ3n) is 2.93. The predicted molar refractivity (Wildman–Crippen MR) is 87.8 cm³/mol. The summed E-state index contributed by atoms with van der Waals surface area (Å²) in [5.41, 5.74) is 1.19. The highest BCUT2D eigenvalue weighted by atomic mass is 32.2. The van der Waals surface area contributed by atoms with E-state index in [1.54, 1.807) is 18.7 Å². The highest BCUT2D eigenvalue weighted by Crippen LogP contribution is 2.19. The molecule has 1 aromatic carbocycles. The van der Waals surface area contributed by atoms with Crippen LogP contribution in [0, 0.1) is 6.92 Å². The van der Waals surface area contributed by atoms with Gasteiger partial charge in [0.15, 0.2) is 0 Å². The van der Waals surface area contributed by atoms with Crippen molar-refractivity contribution in [3.63, 3.8) is 0 Å². The van der Waals surface area contributed by atoms with Crippen molar-refractivity contribution < 1.29 is 9.59 Å². The molecule has 1 rings (SSSR count). The Bertz CT molecular complexity index is 536. The zero-order valence-electron chi connectivity index (χ0n) is 13.5. The lowest BCUT2D eigenvalue weighted by Crippen LogP contribution is -2.50. The van der Waals surface area contributed by atoms with Gasteiger partial charge in [-0.1, -0.05) is 6.07 Å². The Balaban J connectivity index is 2.79. The number of nitrogens with one attached hydrogen (secondary N) is 2. The highest BCUT2D eigenvalue weighted by molar-refractivity contribution is 7.98. The van der Waals surface area contributed by atoms with Crippen molar-refractivity contribution in [2.75, 3.05) is 6.26 Å². The maximum atomic E-state index is 12.3. The van der Waals surface area contributed by atoms with Gasteiger partial charge in [0.05, 0.1) is 0 Å². The molecule has 116 valence electrons. The third kappa shape index (κ3) is 5.42. The van der Waals surface area contributed by atoms with Crippen molar-refractivity contribution in [1.29, 1.82) is 0 Å². The number of hydrogen-bond acceptors (Lipinski definition) is 3. The van der Waals surface area contributed by atoms with Crippen molar-refractivity contribution in [3.05, 3.63) is 29.3 Å². The molecular formula is C16H24N2O2S. The van der Waals surface area contributed by atoms with Crippen LogP contribution in [0.3, 0.4) is 0 Å². The number of hydrogen-bond donors (Lipinski definition) is 2. The average molecular weight is 308 g/mol. The summed E-state index contributed by atoms with van der Waals surface area (Å²) in [7, 11) is 0. The lowest BCUT2D eigenvalue weighted by atomic mass is 10.1. The van der Waals surface area contributed by atoms with Crippen molar-refractivity contribution in [2.24, 2.45) is 0 Å². The zero-order valence-corrected chi connectivity index (χ0v) is 14.4. The smallest absolute Gasteiger partial charge is 0.252 e. The number of amides is 2. The van der Waals surface area contributed by atoms with Crippen LogP contribution in [0.4, 0.5) is 0 Å². The van der Waals surface area contributed by atoms with E-state index in [9.17, 15) is 9.59 Å². The van der Waals surface area contributed by atoms with Crippen LogP contribution in [0.5, 0.6) is 0 Å². The fourth-order valence-electron chi connectivity index (χ4n) is 1.79. The molecule has 2 amide bonds. The van der Waals surface area contributed by atoms with Gasteiger partial charge in [0.25, 0.3) is 5.91 Å². The van der Waals surface area contributed by atoms with Crippen LogP contribution < -0.4 is 10.6 Å². The normalized spacial score (nSPS) is 12.7. The van der Waals surface area contributed by atoms with Crippen LogP contribution in [0.15, 0.2) is 23.1 Å². The molecule has 0 aliphatic heterocycles. The number of thioether (sulfide) groups is 1. The molecule has 0 radical (unpaired) electrons. The van der Waals surface area contributed by atoms with E-state index in [0.29, 0.717) is 5.56 Å². The number of benzene rings is 1.